The molecule has 1 rings (SSSR count). The molecule has 1 fully saturated rings. The van der Waals surface area contributed by atoms with E-state index < -0.39 is 29.7 Å². The molecule has 0 aromatic heterocycles. The largest absolute Gasteiger partial charge is 0.444 e. The summed E-state index contributed by atoms with van der Waals surface area (Å²) >= 11 is 0. The van der Waals surface area contributed by atoms with Gasteiger partial charge in [0.1, 0.15) is 5.60 Å². The van der Waals surface area contributed by atoms with Gasteiger partial charge in [-0.3, -0.25) is 4.79 Å². The first-order valence-corrected chi connectivity index (χ1v) is 6.71. The Morgan fingerprint density at radius 2 is 1.90 bits per heavy atom. The Morgan fingerprint density at radius 3 is 2.30 bits per heavy atom. The summed E-state index contributed by atoms with van der Waals surface area (Å²) in [5.41, 5.74) is -0.608. The molecule has 2 amide bonds. The highest BCUT2D eigenvalue weighted by molar-refractivity contribution is 5.85. The molecule has 0 aliphatic heterocycles. The van der Waals surface area contributed by atoms with Gasteiger partial charge in [-0.05, 0) is 40.0 Å². The molecule has 1 aliphatic carbocycles. The second-order valence-corrected chi connectivity index (χ2v) is 5.89. The molecule has 118 valence electrons. The van der Waals surface area contributed by atoms with Gasteiger partial charge in [0, 0.05) is 6.04 Å². The summed E-state index contributed by atoms with van der Waals surface area (Å²) in [6.07, 6.45) is 0.470. The molecule has 0 aromatic carbocycles. The van der Waals surface area contributed by atoms with E-state index in [1.165, 1.54) is 0 Å². The number of aliphatic hydroxyl groups is 1. The first-order chi connectivity index (χ1) is 8.73. The van der Waals surface area contributed by atoms with Crippen LogP contribution in [0.15, 0.2) is 0 Å². The number of carbonyl (C=O) groups is 2. The molecule has 3 N–H and O–H groups in total. The van der Waals surface area contributed by atoms with E-state index in [0.29, 0.717) is 6.42 Å². The summed E-state index contributed by atoms with van der Waals surface area (Å²) in [6.45, 7) is 7.05. The molecule has 0 heterocycles. The number of aliphatic hydroxyl groups excluding tert-OH is 1. The number of rotatable bonds is 5. The first-order valence-electron chi connectivity index (χ1n) is 6.71. The SMILES string of the molecule is CC[C@H](NC(=O)OC(C)(C)C)C(O)C(=O)NC1CC1.Cl. The standard InChI is InChI=1S/C13H24N2O4.ClH/c1-5-9(15-12(18)19-13(2,3)4)10(16)11(17)14-8-6-7-8;/h8-10,16H,5-7H2,1-4H3,(H,14,17)(H,15,18);1H/t9-,10?;/m0./s1. The number of nitrogens with one attached hydrogen (secondary N) is 2. The van der Waals surface area contributed by atoms with Gasteiger partial charge in [0.05, 0.1) is 6.04 Å². The first kappa shape index (κ1) is 19.0. The van der Waals surface area contributed by atoms with Crippen LogP contribution in [0.1, 0.15) is 47.0 Å². The number of hydrogen-bond acceptors (Lipinski definition) is 4. The van der Waals surface area contributed by atoms with Gasteiger partial charge in [0.15, 0.2) is 6.10 Å². The van der Waals surface area contributed by atoms with Gasteiger partial charge < -0.3 is 20.5 Å². The number of hydrogen-bond donors (Lipinski definition) is 3. The molecule has 0 aromatic rings. The van der Waals surface area contributed by atoms with Gasteiger partial charge in [-0.2, -0.15) is 0 Å². The number of amides is 2. The van der Waals surface area contributed by atoms with Gasteiger partial charge in [0.2, 0.25) is 0 Å². The summed E-state index contributed by atoms with van der Waals surface area (Å²) in [6, 6.07) is -0.463. The van der Waals surface area contributed by atoms with Crippen molar-refractivity contribution in [2.24, 2.45) is 0 Å². The number of ether oxygens (including phenoxy) is 1. The smallest absolute Gasteiger partial charge is 0.407 e. The van der Waals surface area contributed by atoms with E-state index in [4.69, 9.17) is 4.74 Å². The topological polar surface area (TPSA) is 87.7 Å². The lowest BCUT2D eigenvalue weighted by atomic mass is 10.1. The van der Waals surface area contributed by atoms with Gasteiger partial charge in [-0.15, -0.1) is 12.4 Å². The second kappa shape index (κ2) is 7.69. The van der Waals surface area contributed by atoms with Crippen LogP contribution >= 0.6 is 12.4 Å². The Bertz CT molecular complexity index is 340. The van der Waals surface area contributed by atoms with Gasteiger partial charge in [-0.1, -0.05) is 6.92 Å². The minimum Gasteiger partial charge on any atom is -0.444 e. The van der Waals surface area contributed by atoms with Crippen molar-refractivity contribution in [3.63, 3.8) is 0 Å². The normalized spacial score (nSPS) is 17.4. The van der Waals surface area contributed by atoms with Gasteiger partial charge >= 0.3 is 6.09 Å². The number of halogens is 1. The van der Waals surface area contributed by atoms with E-state index in [1.54, 1.807) is 27.7 Å². The fraction of sp³-hybridized carbons (Fsp3) is 0.846. The van der Waals surface area contributed by atoms with Crippen LogP contribution in [0.5, 0.6) is 0 Å². The molecule has 0 radical (unpaired) electrons. The molecule has 0 spiro atoms. The minimum atomic E-state index is -1.25. The third-order valence-electron chi connectivity index (χ3n) is 2.72. The third kappa shape index (κ3) is 6.96. The highest BCUT2D eigenvalue weighted by Gasteiger charge is 2.31. The van der Waals surface area contributed by atoms with Crippen LogP contribution in [0.25, 0.3) is 0 Å². The Morgan fingerprint density at radius 1 is 1.35 bits per heavy atom. The Labute approximate surface area is 126 Å². The predicted octanol–water partition coefficient (Wildman–Crippen LogP) is 1.35. The average molecular weight is 309 g/mol. The summed E-state index contributed by atoms with van der Waals surface area (Å²) in [4.78, 5) is 23.3. The summed E-state index contributed by atoms with van der Waals surface area (Å²) in [5.74, 6) is -0.439. The van der Waals surface area contributed by atoms with Crippen LogP contribution in [-0.2, 0) is 9.53 Å². The number of carbonyl (C=O) groups excluding carboxylic acids is 2. The lowest BCUT2D eigenvalue weighted by molar-refractivity contribution is -0.130. The highest BCUT2D eigenvalue weighted by Crippen LogP contribution is 2.19. The van der Waals surface area contributed by atoms with Crippen LogP contribution in [0.2, 0.25) is 0 Å². The van der Waals surface area contributed by atoms with Gasteiger partial charge in [-0.25, -0.2) is 4.79 Å². The van der Waals surface area contributed by atoms with Crippen LogP contribution < -0.4 is 10.6 Å². The monoisotopic (exact) mass is 308 g/mol. The van der Waals surface area contributed by atoms with E-state index in [2.05, 4.69) is 10.6 Å². The molecule has 20 heavy (non-hydrogen) atoms. The van der Waals surface area contributed by atoms with Crippen molar-refractivity contribution in [1.82, 2.24) is 10.6 Å². The quantitative estimate of drug-likeness (QED) is 0.715. The summed E-state index contributed by atoms with van der Waals surface area (Å²) < 4.78 is 5.10. The van der Waals surface area contributed by atoms with E-state index >= 15 is 0 Å². The predicted molar refractivity (Wildman–Crippen MR) is 77.9 cm³/mol. The van der Waals surface area contributed by atoms with Crippen molar-refractivity contribution in [3.8, 4) is 0 Å². The highest BCUT2D eigenvalue weighted by atomic mass is 35.5. The lowest BCUT2D eigenvalue weighted by Gasteiger charge is -2.25. The zero-order valence-electron chi connectivity index (χ0n) is 12.4. The van der Waals surface area contributed by atoms with Crippen LogP contribution in [-0.4, -0.2) is 40.9 Å². The van der Waals surface area contributed by atoms with E-state index in [-0.39, 0.29) is 18.4 Å². The molecule has 1 unspecified atom stereocenters. The molecular formula is C13H25ClN2O4. The molecule has 1 aliphatic rings. The Kier molecular flexibility index (Phi) is 7.30. The van der Waals surface area contributed by atoms with Crippen molar-refractivity contribution in [2.75, 3.05) is 0 Å². The van der Waals surface area contributed by atoms with Crippen molar-refractivity contribution < 1.29 is 19.4 Å². The molecule has 7 heteroatoms. The van der Waals surface area contributed by atoms with Crippen molar-refractivity contribution >= 4 is 24.4 Å². The van der Waals surface area contributed by atoms with Crippen LogP contribution in [0.3, 0.4) is 0 Å². The summed E-state index contributed by atoms with van der Waals surface area (Å²) in [7, 11) is 0. The molecule has 6 nitrogen and oxygen atoms in total. The second-order valence-electron chi connectivity index (χ2n) is 5.89. The fourth-order valence-electron chi connectivity index (χ4n) is 1.56. The molecule has 0 saturated heterocycles. The fourth-order valence-corrected chi connectivity index (χ4v) is 1.56. The maximum atomic E-state index is 11.7. The molecular weight excluding hydrogens is 284 g/mol. The maximum absolute atomic E-state index is 11.7. The van der Waals surface area contributed by atoms with Crippen LogP contribution in [0, 0.1) is 0 Å². The van der Waals surface area contributed by atoms with Crippen molar-refractivity contribution in [1.29, 1.82) is 0 Å². The zero-order valence-corrected chi connectivity index (χ0v) is 13.3. The lowest BCUT2D eigenvalue weighted by Crippen LogP contribution is -2.51. The average Bonchev–Trinajstić information content (AvgIpc) is 3.06. The van der Waals surface area contributed by atoms with Crippen molar-refractivity contribution in [3.05, 3.63) is 0 Å². The Balaban J connectivity index is 0.00000361. The van der Waals surface area contributed by atoms with Gasteiger partial charge in [0.25, 0.3) is 5.91 Å². The third-order valence-corrected chi connectivity index (χ3v) is 2.72. The molecule has 1 saturated carbocycles. The van der Waals surface area contributed by atoms with Crippen LogP contribution in [0.4, 0.5) is 4.79 Å². The minimum absolute atomic E-state index is 0. The van der Waals surface area contributed by atoms with Crippen molar-refractivity contribution in [2.45, 2.75) is 70.7 Å². The molecule has 0 bridgehead atoms. The van der Waals surface area contributed by atoms with E-state index in [0.717, 1.165) is 12.8 Å². The summed E-state index contributed by atoms with van der Waals surface area (Å²) in [5, 5.41) is 15.2. The Hall–Kier alpha value is -1.01. The maximum Gasteiger partial charge on any atom is 0.407 e. The zero-order chi connectivity index (χ0) is 14.6. The van der Waals surface area contributed by atoms with E-state index in [1.807, 2.05) is 0 Å². The number of alkyl carbamates (subject to hydrolysis) is 1. The molecule has 2 atom stereocenters. The van der Waals surface area contributed by atoms with E-state index in [9.17, 15) is 14.7 Å².